The zero-order valence-corrected chi connectivity index (χ0v) is 13.5. The largest absolute Gasteiger partial charge is 0.304 e. The van der Waals surface area contributed by atoms with Crippen LogP contribution in [0.4, 0.5) is 0 Å². The highest BCUT2D eigenvalue weighted by molar-refractivity contribution is 9.10. The van der Waals surface area contributed by atoms with Crippen LogP contribution in [0.1, 0.15) is 0 Å². The van der Waals surface area contributed by atoms with Gasteiger partial charge in [-0.15, -0.1) is 4.41 Å². The molecule has 1 aliphatic heterocycles. The minimum Gasteiger partial charge on any atom is -0.304 e. The first-order chi connectivity index (χ1) is 8.91. The highest BCUT2D eigenvalue weighted by Gasteiger charge is 2.28. The first-order valence-electron chi connectivity index (χ1n) is 6.09. The first-order valence-corrected chi connectivity index (χ1v) is 8.32. The van der Waals surface area contributed by atoms with Crippen molar-refractivity contribution < 1.29 is 8.42 Å². The number of rotatable bonds is 3. The predicted octanol–water partition coefficient (Wildman–Crippen LogP) is 1.23. The van der Waals surface area contributed by atoms with Crippen LogP contribution in [0.25, 0.3) is 0 Å². The van der Waals surface area contributed by atoms with Gasteiger partial charge in [0.05, 0.1) is 4.90 Å². The topological polar surface area (TPSA) is 43.9 Å². The van der Waals surface area contributed by atoms with Crippen molar-refractivity contribution in [2.75, 3.05) is 40.3 Å². The summed E-state index contributed by atoms with van der Waals surface area (Å²) >= 11 is 3.31. The van der Waals surface area contributed by atoms with Gasteiger partial charge in [0.15, 0.2) is 0 Å². The summed E-state index contributed by atoms with van der Waals surface area (Å²) in [5.74, 6) is 0. The molecule has 0 spiro atoms. The number of sulfonamides is 1. The molecule has 7 heteroatoms. The van der Waals surface area contributed by atoms with E-state index in [4.69, 9.17) is 0 Å². The highest BCUT2D eigenvalue weighted by atomic mass is 79.9. The smallest absolute Gasteiger partial charge is 0.255 e. The molecule has 0 radical (unpaired) electrons. The standard InChI is InChI=1S/C12H18BrN3O2S/c1-14-7-9-16(10-8-14)15(2)19(17,18)12-5-3-11(13)4-6-12/h3-6H,7-10H2,1-2H3. The van der Waals surface area contributed by atoms with Crippen LogP contribution in [0.15, 0.2) is 33.6 Å². The number of hydrogen-bond acceptors (Lipinski definition) is 4. The molecule has 0 aliphatic carbocycles. The van der Waals surface area contributed by atoms with Crippen LogP contribution in [0.5, 0.6) is 0 Å². The fourth-order valence-corrected chi connectivity index (χ4v) is 3.51. The Balaban J connectivity index is 2.17. The molecule has 0 amide bonds. The lowest BCUT2D eigenvalue weighted by molar-refractivity contribution is 0.0323. The number of benzene rings is 1. The molecule has 106 valence electrons. The van der Waals surface area contributed by atoms with E-state index in [9.17, 15) is 8.42 Å². The van der Waals surface area contributed by atoms with Crippen LogP contribution >= 0.6 is 15.9 Å². The van der Waals surface area contributed by atoms with E-state index in [1.807, 2.05) is 12.1 Å². The molecule has 19 heavy (non-hydrogen) atoms. The summed E-state index contributed by atoms with van der Waals surface area (Å²) in [6.07, 6.45) is 0. The molecule has 1 fully saturated rings. The summed E-state index contributed by atoms with van der Waals surface area (Å²) in [5, 5.41) is 1.87. The number of hydrazine groups is 1. The Morgan fingerprint density at radius 2 is 1.63 bits per heavy atom. The lowest BCUT2D eigenvalue weighted by atomic mass is 10.4. The van der Waals surface area contributed by atoms with Gasteiger partial charge in [0.25, 0.3) is 10.0 Å². The molecule has 1 aliphatic rings. The third-order valence-electron chi connectivity index (χ3n) is 3.34. The Hall–Kier alpha value is -0.470. The van der Waals surface area contributed by atoms with Crippen molar-refractivity contribution in [3.63, 3.8) is 0 Å². The van der Waals surface area contributed by atoms with E-state index in [-0.39, 0.29) is 0 Å². The normalized spacial score (nSPS) is 18.9. The van der Waals surface area contributed by atoms with E-state index in [1.165, 1.54) is 4.41 Å². The van der Waals surface area contributed by atoms with Crippen molar-refractivity contribution in [1.29, 1.82) is 0 Å². The van der Waals surface area contributed by atoms with Crippen LogP contribution in [0.3, 0.4) is 0 Å². The van der Waals surface area contributed by atoms with Gasteiger partial charge in [0.1, 0.15) is 0 Å². The second kappa shape index (κ2) is 5.88. The summed E-state index contributed by atoms with van der Waals surface area (Å²) in [6.45, 7) is 3.20. The molecule has 0 N–H and O–H groups in total. The van der Waals surface area contributed by atoms with Crippen molar-refractivity contribution in [1.82, 2.24) is 14.3 Å². The Kier molecular flexibility index (Phi) is 4.62. The maximum absolute atomic E-state index is 12.5. The molecular formula is C12H18BrN3O2S. The molecule has 0 unspecified atom stereocenters. The van der Waals surface area contributed by atoms with Crippen molar-refractivity contribution in [3.8, 4) is 0 Å². The SMILES string of the molecule is CN1CCN(N(C)S(=O)(=O)c2ccc(Br)cc2)CC1. The van der Waals surface area contributed by atoms with Gasteiger partial charge < -0.3 is 4.90 Å². The average Bonchev–Trinajstić information content (AvgIpc) is 2.39. The van der Waals surface area contributed by atoms with Crippen LogP contribution in [0, 0.1) is 0 Å². The molecule has 0 saturated carbocycles. The third kappa shape index (κ3) is 3.35. The van der Waals surface area contributed by atoms with E-state index in [0.29, 0.717) is 4.90 Å². The second-order valence-electron chi connectivity index (χ2n) is 4.65. The minimum atomic E-state index is -3.45. The van der Waals surface area contributed by atoms with Crippen molar-refractivity contribution in [2.45, 2.75) is 4.90 Å². The number of piperazine rings is 1. The summed E-state index contributed by atoms with van der Waals surface area (Å²) in [5.41, 5.74) is 0. The molecule has 1 aromatic carbocycles. The Labute approximate surface area is 122 Å². The van der Waals surface area contributed by atoms with E-state index in [1.54, 1.807) is 31.3 Å². The van der Waals surface area contributed by atoms with Crippen LogP contribution in [0.2, 0.25) is 0 Å². The number of hydrogen-bond donors (Lipinski definition) is 0. The summed E-state index contributed by atoms with van der Waals surface area (Å²) in [4.78, 5) is 2.51. The monoisotopic (exact) mass is 347 g/mol. The molecule has 0 atom stereocenters. The minimum absolute atomic E-state index is 0.317. The van der Waals surface area contributed by atoms with Gasteiger partial charge in [-0.25, -0.2) is 13.4 Å². The Morgan fingerprint density at radius 1 is 1.11 bits per heavy atom. The maximum atomic E-state index is 12.5. The van der Waals surface area contributed by atoms with Gasteiger partial charge in [-0.1, -0.05) is 15.9 Å². The maximum Gasteiger partial charge on any atom is 0.255 e. The van der Waals surface area contributed by atoms with Gasteiger partial charge in [-0.05, 0) is 31.3 Å². The van der Waals surface area contributed by atoms with Crippen molar-refractivity contribution in [2.24, 2.45) is 0 Å². The average molecular weight is 348 g/mol. The highest BCUT2D eigenvalue weighted by Crippen LogP contribution is 2.19. The van der Waals surface area contributed by atoms with Crippen LogP contribution in [-0.4, -0.2) is 63.0 Å². The third-order valence-corrected chi connectivity index (χ3v) is 5.66. The summed E-state index contributed by atoms with van der Waals surface area (Å²) < 4.78 is 27.2. The Bertz CT molecular complexity index is 524. The fraction of sp³-hybridized carbons (Fsp3) is 0.500. The lowest BCUT2D eigenvalue weighted by Gasteiger charge is -2.37. The van der Waals surface area contributed by atoms with Gasteiger partial charge in [-0.2, -0.15) is 0 Å². The molecule has 2 rings (SSSR count). The van der Waals surface area contributed by atoms with Crippen LogP contribution < -0.4 is 0 Å². The van der Waals surface area contributed by atoms with E-state index in [0.717, 1.165) is 30.7 Å². The Morgan fingerprint density at radius 3 is 2.16 bits per heavy atom. The van der Waals surface area contributed by atoms with Crippen LogP contribution in [-0.2, 0) is 10.0 Å². The second-order valence-corrected chi connectivity index (χ2v) is 7.52. The molecule has 5 nitrogen and oxygen atoms in total. The van der Waals surface area contributed by atoms with E-state index < -0.39 is 10.0 Å². The quantitative estimate of drug-likeness (QED) is 0.824. The number of likely N-dealkylation sites (N-methyl/N-ethyl adjacent to an activating group) is 1. The zero-order chi connectivity index (χ0) is 14.0. The van der Waals surface area contributed by atoms with Crippen molar-refractivity contribution in [3.05, 3.63) is 28.7 Å². The lowest BCUT2D eigenvalue weighted by Crippen LogP contribution is -2.53. The fourth-order valence-electron chi connectivity index (χ4n) is 1.99. The first kappa shape index (κ1) is 14.9. The number of halogens is 1. The van der Waals surface area contributed by atoms with Gasteiger partial charge in [0, 0.05) is 37.7 Å². The summed E-state index contributed by atoms with van der Waals surface area (Å²) in [7, 11) is 0.203. The van der Waals surface area contributed by atoms with Gasteiger partial charge >= 0.3 is 0 Å². The van der Waals surface area contributed by atoms with E-state index >= 15 is 0 Å². The molecular weight excluding hydrogens is 330 g/mol. The molecule has 1 saturated heterocycles. The molecule has 1 heterocycles. The van der Waals surface area contributed by atoms with E-state index in [2.05, 4.69) is 20.8 Å². The number of nitrogens with zero attached hydrogens (tertiary/aromatic N) is 3. The molecule has 1 aromatic rings. The summed E-state index contributed by atoms with van der Waals surface area (Å²) in [6, 6.07) is 6.72. The van der Waals surface area contributed by atoms with Crippen molar-refractivity contribution >= 4 is 26.0 Å². The predicted molar refractivity (Wildman–Crippen MR) is 78.2 cm³/mol. The zero-order valence-electron chi connectivity index (χ0n) is 11.1. The van der Waals surface area contributed by atoms with Gasteiger partial charge in [-0.3, -0.25) is 0 Å². The molecule has 0 bridgehead atoms. The van der Waals surface area contributed by atoms with Gasteiger partial charge in [0.2, 0.25) is 0 Å². The molecule has 0 aromatic heterocycles.